The van der Waals surface area contributed by atoms with E-state index >= 15 is 0 Å². The van der Waals surface area contributed by atoms with Gasteiger partial charge in [-0.25, -0.2) is 4.98 Å². The van der Waals surface area contributed by atoms with E-state index in [1.54, 1.807) is 6.33 Å². The van der Waals surface area contributed by atoms with Gasteiger partial charge in [0.15, 0.2) is 0 Å². The average molecular weight is 308 g/mol. The Kier molecular flexibility index (Phi) is 6.08. The first-order chi connectivity index (χ1) is 10.2. The molecule has 0 saturated heterocycles. The predicted molar refractivity (Wildman–Crippen MR) is 85.8 cm³/mol. The van der Waals surface area contributed by atoms with Crippen LogP contribution in [-0.4, -0.2) is 22.6 Å². The molecule has 1 heterocycles. The molecule has 114 valence electrons. The Morgan fingerprint density at radius 2 is 2.29 bits per heavy atom. The number of imidazole rings is 1. The van der Waals surface area contributed by atoms with E-state index < -0.39 is 0 Å². The minimum atomic E-state index is 0.181. The second-order valence-corrected chi connectivity index (χ2v) is 5.51. The lowest BCUT2D eigenvalue weighted by atomic mass is 10.2. The number of ether oxygens (including phenoxy) is 1. The number of hydrogen-bond acceptors (Lipinski definition) is 3. The fourth-order valence-electron chi connectivity index (χ4n) is 1.93. The Labute approximate surface area is 130 Å². The largest absolute Gasteiger partial charge is 0.489 e. The van der Waals surface area contributed by atoms with E-state index in [1.165, 1.54) is 0 Å². The molecule has 0 fully saturated rings. The van der Waals surface area contributed by atoms with Crippen molar-refractivity contribution in [1.29, 1.82) is 0 Å². The van der Waals surface area contributed by atoms with Crippen molar-refractivity contribution in [1.82, 2.24) is 15.3 Å². The highest BCUT2D eigenvalue weighted by Gasteiger charge is 2.06. The number of rotatable bonds is 8. The lowest BCUT2D eigenvalue weighted by Crippen LogP contribution is -2.17. The Morgan fingerprint density at radius 3 is 2.95 bits per heavy atom. The van der Waals surface area contributed by atoms with Crippen molar-refractivity contribution in [3.63, 3.8) is 0 Å². The maximum absolute atomic E-state index is 6.26. The first-order valence-corrected chi connectivity index (χ1v) is 7.70. The smallest absolute Gasteiger partial charge is 0.138 e. The molecule has 2 rings (SSSR count). The van der Waals surface area contributed by atoms with Crippen molar-refractivity contribution >= 4 is 11.6 Å². The minimum absolute atomic E-state index is 0.181. The number of aromatic nitrogens is 2. The lowest BCUT2D eigenvalue weighted by Gasteiger charge is -2.14. The summed E-state index contributed by atoms with van der Waals surface area (Å²) in [6.45, 7) is 5.82. The maximum atomic E-state index is 6.26. The van der Waals surface area contributed by atoms with Gasteiger partial charge in [0.25, 0.3) is 0 Å². The summed E-state index contributed by atoms with van der Waals surface area (Å²) < 4.78 is 5.76. The van der Waals surface area contributed by atoms with Crippen LogP contribution in [0.2, 0.25) is 5.02 Å². The van der Waals surface area contributed by atoms with Crippen LogP contribution in [-0.2, 0) is 13.0 Å². The summed E-state index contributed by atoms with van der Waals surface area (Å²) in [4.78, 5) is 7.08. The fourth-order valence-corrected chi connectivity index (χ4v) is 2.17. The molecule has 2 aromatic rings. The standard InChI is InChI=1S/C16H22ClN3O/c1-3-12(2)21-16-5-4-13(8-15(16)17)9-18-7-6-14-10-19-11-20-14/h4-5,8,10-12,18H,3,6-7,9H2,1-2H3,(H,19,20). The van der Waals surface area contributed by atoms with Gasteiger partial charge in [-0.1, -0.05) is 24.6 Å². The number of hydrogen-bond donors (Lipinski definition) is 2. The molecule has 0 bridgehead atoms. The van der Waals surface area contributed by atoms with Crippen molar-refractivity contribution in [3.8, 4) is 5.75 Å². The number of halogens is 1. The van der Waals surface area contributed by atoms with Gasteiger partial charge < -0.3 is 15.0 Å². The lowest BCUT2D eigenvalue weighted by molar-refractivity contribution is 0.217. The van der Waals surface area contributed by atoms with Crippen molar-refractivity contribution in [2.75, 3.05) is 6.54 Å². The highest BCUT2D eigenvalue weighted by molar-refractivity contribution is 6.32. The second-order valence-electron chi connectivity index (χ2n) is 5.11. The van der Waals surface area contributed by atoms with Gasteiger partial charge in [-0.05, 0) is 31.0 Å². The normalized spacial score (nSPS) is 12.3. The van der Waals surface area contributed by atoms with E-state index in [-0.39, 0.29) is 6.10 Å². The van der Waals surface area contributed by atoms with Gasteiger partial charge in [-0.15, -0.1) is 0 Å². The van der Waals surface area contributed by atoms with Gasteiger partial charge in [0.1, 0.15) is 5.75 Å². The first kappa shape index (κ1) is 15.9. The molecule has 0 amide bonds. The molecule has 0 saturated carbocycles. The Balaban J connectivity index is 1.79. The van der Waals surface area contributed by atoms with E-state index in [1.807, 2.05) is 31.3 Å². The van der Waals surface area contributed by atoms with Crippen LogP contribution in [0, 0.1) is 0 Å². The zero-order chi connectivity index (χ0) is 15.1. The highest BCUT2D eigenvalue weighted by atomic mass is 35.5. The Morgan fingerprint density at radius 1 is 1.43 bits per heavy atom. The number of nitrogens with zero attached hydrogens (tertiary/aromatic N) is 1. The van der Waals surface area contributed by atoms with Gasteiger partial charge in [0.05, 0.1) is 17.5 Å². The molecule has 1 unspecified atom stereocenters. The molecule has 1 atom stereocenters. The van der Waals surface area contributed by atoms with Gasteiger partial charge in [0, 0.05) is 31.4 Å². The summed E-state index contributed by atoms with van der Waals surface area (Å²) in [6, 6.07) is 5.95. The second kappa shape index (κ2) is 8.05. The summed E-state index contributed by atoms with van der Waals surface area (Å²) in [5.41, 5.74) is 2.29. The third kappa shape index (κ3) is 5.06. The maximum Gasteiger partial charge on any atom is 0.138 e. The molecule has 0 aliphatic heterocycles. The van der Waals surface area contributed by atoms with Crippen molar-refractivity contribution in [2.24, 2.45) is 0 Å². The molecule has 4 nitrogen and oxygen atoms in total. The molecular weight excluding hydrogens is 286 g/mol. The van der Waals surface area contributed by atoms with Crippen molar-refractivity contribution in [3.05, 3.63) is 47.0 Å². The molecular formula is C16H22ClN3O. The highest BCUT2D eigenvalue weighted by Crippen LogP contribution is 2.26. The zero-order valence-electron chi connectivity index (χ0n) is 12.5. The third-order valence-electron chi connectivity index (χ3n) is 3.35. The Hall–Kier alpha value is -1.52. The summed E-state index contributed by atoms with van der Waals surface area (Å²) in [5.74, 6) is 0.757. The number of aromatic amines is 1. The first-order valence-electron chi connectivity index (χ1n) is 7.32. The van der Waals surface area contributed by atoms with Gasteiger partial charge in [0.2, 0.25) is 0 Å². The fraction of sp³-hybridized carbons (Fsp3) is 0.438. The molecule has 1 aromatic carbocycles. The molecule has 2 N–H and O–H groups in total. The number of H-pyrrole nitrogens is 1. The predicted octanol–water partition coefficient (Wildman–Crippen LogP) is 3.57. The van der Waals surface area contributed by atoms with Crippen molar-refractivity contribution in [2.45, 2.75) is 39.3 Å². The average Bonchev–Trinajstić information content (AvgIpc) is 2.99. The summed E-state index contributed by atoms with van der Waals surface area (Å²) in [5, 5.41) is 4.06. The molecule has 0 radical (unpaired) electrons. The number of nitrogens with one attached hydrogen (secondary N) is 2. The minimum Gasteiger partial charge on any atom is -0.489 e. The van der Waals surface area contributed by atoms with Crippen LogP contribution in [0.3, 0.4) is 0 Å². The Bertz CT molecular complexity index is 542. The van der Waals surface area contributed by atoms with Crippen molar-refractivity contribution < 1.29 is 4.74 Å². The van der Waals surface area contributed by atoms with Crippen LogP contribution in [0.5, 0.6) is 5.75 Å². The van der Waals surface area contributed by atoms with Gasteiger partial charge in [-0.2, -0.15) is 0 Å². The molecule has 0 aliphatic rings. The monoisotopic (exact) mass is 307 g/mol. The molecule has 0 spiro atoms. The van der Waals surface area contributed by atoms with Crippen LogP contribution in [0.25, 0.3) is 0 Å². The summed E-state index contributed by atoms with van der Waals surface area (Å²) in [6.07, 6.45) is 5.63. The molecule has 1 aromatic heterocycles. The molecule has 21 heavy (non-hydrogen) atoms. The van der Waals surface area contributed by atoms with Gasteiger partial charge in [-0.3, -0.25) is 0 Å². The molecule has 0 aliphatic carbocycles. The topological polar surface area (TPSA) is 49.9 Å². The van der Waals surface area contributed by atoms with Crippen LogP contribution in [0.4, 0.5) is 0 Å². The van der Waals surface area contributed by atoms with E-state index in [0.717, 1.165) is 42.9 Å². The van der Waals surface area contributed by atoms with Crippen LogP contribution in [0.1, 0.15) is 31.5 Å². The van der Waals surface area contributed by atoms with Gasteiger partial charge >= 0.3 is 0 Å². The van der Waals surface area contributed by atoms with E-state index in [4.69, 9.17) is 16.3 Å². The van der Waals surface area contributed by atoms with Crippen LogP contribution in [0.15, 0.2) is 30.7 Å². The van der Waals surface area contributed by atoms with E-state index in [2.05, 4.69) is 22.2 Å². The summed E-state index contributed by atoms with van der Waals surface area (Å²) in [7, 11) is 0. The number of benzene rings is 1. The SMILES string of the molecule is CCC(C)Oc1ccc(CNCCc2cnc[nH]2)cc1Cl. The van der Waals surface area contributed by atoms with E-state index in [9.17, 15) is 0 Å². The quantitative estimate of drug-likeness (QED) is 0.733. The zero-order valence-corrected chi connectivity index (χ0v) is 13.3. The third-order valence-corrected chi connectivity index (χ3v) is 3.65. The van der Waals surface area contributed by atoms with Crippen LogP contribution < -0.4 is 10.1 Å². The summed E-state index contributed by atoms with van der Waals surface area (Å²) >= 11 is 6.26. The van der Waals surface area contributed by atoms with Crippen LogP contribution >= 0.6 is 11.6 Å². The van der Waals surface area contributed by atoms with E-state index in [0.29, 0.717) is 5.02 Å². The molecule has 5 heteroatoms.